The quantitative estimate of drug-likeness (QED) is 0.628. The Kier molecular flexibility index (Phi) is 5.60. The molecule has 0 aliphatic carbocycles. The number of aromatic nitrogens is 2. The van der Waals surface area contributed by atoms with Gasteiger partial charge < -0.3 is 20.9 Å². The monoisotopic (exact) mass is 432 g/mol. The highest BCUT2D eigenvalue weighted by molar-refractivity contribution is 6.31. The van der Waals surface area contributed by atoms with Gasteiger partial charge in [0.05, 0.1) is 5.02 Å². The van der Waals surface area contributed by atoms with E-state index in [1.54, 1.807) is 6.07 Å². The van der Waals surface area contributed by atoms with Crippen molar-refractivity contribution >= 4 is 51.9 Å². The van der Waals surface area contributed by atoms with Crippen LogP contribution in [0.1, 0.15) is 0 Å². The minimum atomic E-state index is -0.480. The fourth-order valence-corrected chi connectivity index (χ4v) is 3.66. The number of piperazine rings is 1. The van der Waals surface area contributed by atoms with Gasteiger partial charge in [0.15, 0.2) is 11.6 Å². The van der Waals surface area contributed by atoms with Gasteiger partial charge in [0.25, 0.3) is 0 Å². The lowest BCUT2D eigenvalue weighted by Crippen LogP contribution is -2.47. The molecule has 1 fully saturated rings. The second-order valence-electron chi connectivity index (χ2n) is 6.67. The normalized spacial score (nSPS) is 14.2. The van der Waals surface area contributed by atoms with E-state index >= 15 is 0 Å². The molecule has 0 unspecified atom stereocenters. The first kappa shape index (κ1) is 19.5. The maximum Gasteiger partial charge on any atom is 0.159 e. The Bertz CT molecular complexity index is 1020. The third kappa shape index (κ3) is 4.31. The first-order valence-electron chi connectivity index (χ1n) is 9.09. The predicted octanol–water partition coefficient (Wildman–Crippen LogP) is 4.57. The summed E-state index contributed by atoms with van der Waals surface area (Å²) in [6, 6.07) is 12.2. The van der Waals surface area contributed by atoms with Gasteiger partial charge in [-0.1, -0.05) is 29.3 Å². The van der Waals surface area contributed by atoms with E-state index < -0.39 is 5.82 Å². The van der Waals surface area contributed by atoms with Crippen LogP contribution in [0.3, 0.4) is 0 Å². The summed E-state index contributed by atoms with van der Waals surface area (Å²) in [5, 5.41) is 3.83. The Morgan fingerprint density at radius 2 is 1.72 bits per heavy atom. The number of nitrogens with zero attached hydrogens (tertiary/aromatic N) is 4. The van der Waals surface area contributed by atoms with Crippen LogP contribution in [0.2, 0.25) is 10.0 Å². The van der Waals surface area contributed by atoms with E-state index in [0.29, 0.717) is 23.0 Å². The van der Waals surface area contributed by atoms with Crippen molar-refractivity contribution in [3.8, 4) is 0 Å². The van der Waals surface area contributed by atoms with E-state index in [1.165, 1.54) is 18.5 Å². The number of hydrogen-bond donors (Lipinski definition) is 2. The molecule has 0 atom stereocenters. The maximum atomic E-state index is 13.4. The van der Waals surface area contributed by atoms with Gasteiger partial charge in [0, 0.05) is 42.6 Å². The van der Waals surface area contributed by atoms with E-state index in [2.05, 4.69) is 31.2 Å². The number of nitrogen functional groups attached to an aromatic ring is 1. The molecule has 3 N–H and O–H groups in total. The Labute approximate surface area is 178 Å². The zero-order valence-corrected chi connectivity index (χ0v) is 17.0. The smallest absolute Gasteiger partial charge is 0.159 e. The number of rotatable bonds is 4. The lowest BCUT2D eigenvalue weighted by molar-refractivity contribution is 0.628. The summed E-state index contributed by atoms with van der Waals surface area (Å²) in [6.45, 7) is 3.16. The van der Waals surface area contributed by atoms with Crippen molar-refractivity contribution in [3.63, 3.8) is 0 Å². The van der Waals surface area contributed by atoms with Crippen LogP contribution in [0.4, 0.5) is 33.1 Å². The van der Waals surface area contributed by atoms with Crippen LogP contribution in [0.5, 0.6) is 0 Å². The summed E-state index contributed by atoms with van der Waals surface area (Å²) in [5.41, 5.74) is 8.46. The molecule has 6 nitrogen and oxygen atoms in total. The van der Waals surface area contributed by atoms with Crippen molar-refractivity contribution in [2.45, 2.75) is 0 Å². The number of anilines is 5. The summed E-state index contributed by atoms with van der Waals surface area (Å²) in [4.78, 5) is 13.0. The second-order valence-corrected chi connectivity index (χ2v) is 7.51. The van der Waals surface area contributed by atoms with Gasteiger partial charge in [0.1, 0.15) is 17.8 Å². The summed E-state index contributed by atoms with van der Waals surface area (Å²) < 4.78 is 13.4. The number of benzene rings is 2. The summed E-state index contributed by atoms with van der Waals surface area (Å²) in [7, 11) is 0. The van der Waals surface area contributed by atoms with Gasteiger partial charge in [-0.3, -0.25) is 0 Å². The van der Waals surface area contributed by atoms with Gasteiger partial charge in [-0.2, -0.15) is 0 Å². The van der Waals surface area contributed by atoms with Gasteiger partial charge in [-0.15, -0.1) is 0 Å². The van der Waals surface area contributed by atoms with Gasteiger partial charge >= 0.3 is 0 Å². The van der Waals surface area contributed by atoms with Crippen molar-refractivity contribution in [1.29, 1.82) is 0 Å². The lowest BCUT2D eigenvalue weighted by atomic mass is 10.2. The SMILES string of the molecule is Nc1c(Nc2ccc(F)c(Cl)c2)ncnc1N1CCN(c2cccc(Cl)c2)CC1. The number of halogens is 3. The zero-order chi connectivity index (χ0) is 20.4. The van der Waals surface area contributed by atoms with E-state index in [0.717, 1.165) is 36.9 Å². The molecule has 0 amide bonds. The molecule has 29 heavy (non-hydrogen) atoms. The molecule has 2 aromatic carbocycles. The van der Waals surface area contributed by atoms with Crippen molar-refractivity contribution in [3.05, 3.63) is 64.7 Å². The highest BCUT2D eigenvalue weighted by atomic mass is 35.5. The molecule has 150 valence electrons. The van der Waals surface area contributed by atoms with Crippen LogP contribution < -0.4 is 20.9 Å². The second kappa shape index (κ2) is 8.31. The molecule has 3 aromatic rings. The molecule has 4 rings (SSSR count). The third-order valence-corrected chi connectivity index (χ3v) is 5.32. The van der Waals surface area contributed by atoms with Crippen LogP contribution in [0.25, 0.3) is 0 Å². The summed E-state index contributed by atoms with van der Waals surface area (Å²) in [6.07, 6.45) is 1.46. The topological polar surface area (TPSA) is 70.3 Å². The Morgan fingerprint density at radius 3 is 2.45 bits per heavy atom. The van der Waals surface area contributed by atoms with Crippen LogP contribution in [-0.2, 0) is 0 Å². The summed E-state index contributed by atoms with van der Waals surface area (Å²) in [5.74, 6) is 0.641. The number of nitrogens with two attached hydrogens (primary N) is 1. The van der Waals surface area contributed by atoms with Crippen molar-refractivity contribution < 1.29 is 4.39 Å². The van der Waals surface area contributed by atoms with Crippen LogP contribution in [0.15, 0.2) is 48.8 Å². The molecule has 1 aliphatic rings. The van der Waals surface area contributed by atoms with Gasteiger partial charge in [0.2, 0.25) is 0 Å². The molecular formula is C20H19Cl2FN6. The molecule has 0 saturated carbocycles. The van der Waals surface area contributed by atoms with E-state index in [4.69, 9.17) is 28.9 Å². The Balaban J connectivity index is 1.48. The van der Waals surface area contributed by atoms with Crippen molar-refractivity contribution in [1.82, 2.24) is 9.97 Å². The average molecular weight is 433 g/mol. The zero-order valence-electron chi connectivity index (χ0n) is 15.4. The first-order chi connectivity index (χ1) is 14.0. The predicted molar refractivity (Wildman–Crippen MR) is 117 cm³/mol. The van der Waals surface area contributed by atoms with Gasteiger partial charge in [-0.25, -0.2) is 14.4 Å². The van der Waals surface area contributed by atoms with Crippen LogP contribution in [0, 0.1) is 5.82 Å². The molecule has 0 spiro atoms. The largest absolute Gasteiger partial charge is 0.393 e. The maximum absolute atomic E-state index is 13.4. The average Bonchev–Trinajstić information content (AvgIpc) is 2.72. The van der Waals surface area contributed by atoms with E-state index in [1.807, 2.05) is 18.2 Å². The minimum absolute atomic E-state index is 0.0278. The minimum Gasteiger partial charge on any atom is -0.393 e. The summed E-state index contributed by atoms with van der Waals surface area (Å²) >= 11 is 12.0. The third-order valence-electron chi connectivity index (χ3n) is 4.80. The fourth-order valence-electron chi connectivity index (χ4n) is 3.30. The van der Waals surface area contributed by atoms with E-state index in [-0.39, 0.29) is 5.02 Å². The lowest BCUT2D eigenvalue weighted by Gasteiger charge is -2.37. The fraction of sp³-hybridized carbons (Fsp3) is 0.200. The van der Waals surface area contributed by atoms with Crippen molar-refractivity contribution in [2.75, 3.05) is 47.0 Å². The standard InChI is InChI=1S/C20H19Cl2FN6/c21-13-2-1-3-15(10-13)28-6-8-29(9-7-28)20-18(24)19(25-12-26-20)27-14-4-5-17(23)16(22)11-14/h1-5,10-12H,6-9,24H2,(H,25,26,27). The number of nitrogens with one attached hydrogen (secondary N) is 1. The number of hydrogen-bond acceptors (Lipinski definition) is 6. The molecule has 1 aromatic heterocycles. The highest BCUT2D eigenvalue weighted by Crippen LogP contribution is 2.31. The molecule has 9 heteroatoms. The molecule has 1 saturated heterocycles. The molecule has 1 aliphatic heterocycles. The Morgan fingerprint density at radius 1 is 0.966 bits per heavy atom. The molecule has 0 bridgehead atoms. The van der Waals surface area contributed by atoms with Crippen molar-refractivity contribution in [2.24, 2.45) is 0 Å². The first-order valence-corrected chi connectivity index (χ1v) is 9.85. The highest BCUT2D eigenvalue weighted by Gasteiger charge is 2.21. The van der Waals surface area contributed by atoms with E-state index in [9.17, 15) is 4.39 Å². The molecule has 0 radical (unpaired) electrons. The van der Waals surface area contributed by atoms with Gasteiger partial charge in [-0.05, 0) is 36.4 Å². The van der Waals surface area contributed by atoms with Crippen LogP contribution in [-0.4, -0.2) is 36.1 Å². The Hall–Kier alpha value is -2.77. The molecular weight excluding hydrogens is 414 g/mol. The molecule has 2 heterocycles. The van der Waals surface area contributed by atoms with Crippen LogP contribution >= 0.6 is 23.2 Å².